The second kappa shape index (κ2) is 8.60. The number of furan rings is 1. The van der Waals surface area contributed by atoms with Gasteiger partial charge in [-0.15, -0.1) is 0 Å². The summed E-state index contributed by atoms with van der Waals surface area (Å²) in [6.45, 7) is 9.88. The Morgan fingerprint density at radius 3 is 2.76 bits per heavy atom. The zero-order chi connectivity index (χ0) is 15.1. The SMILES string of the molecule is Cc1cc(COCC2CCCCC2)oc1CNCC(C)C. The maximum Gasteiger partial charge on any atom is 0.130 e. The van der Waals surface area contributed by atoms with Crippen LogP contribution >= 0.6 is 0 Å². The van der Waals surface area contributed by atoms with Gasteiger partial charge in [-0.1, -0.05) is 33.1 Å². The van der Waals surface area contributed by atoms with Crippen LogP contribution in [-0.4, -0.2) is 13.2 Å². The largest absolute Gasteiger partial charge is 0.462 e. The van der Waals surface area contributed by atoms with Gasteiger partial charge in [-0.05, 0) is 49.8 Å². The van der Waals surface area contributed by atoms with Gasteiger partial charge in [-0.25, -0.2) is 0 Å². The highest BCUT2D eigenvalue weighted by atomic mass is 16.5. The molecule has 0 unspecified atom stereocenters. The van der Waals surface area contributed by atoms with E-state index in [0.29, 0.717) is 12.5 Å². The molecule has 21 heavy (non-hydrogen) atoms. The number of rotatable bonds is 8. The van der Waals surface area contributed by atoms with Crippen molar-refractivity contribution >= 4 is 0 Å². The van der Waals surface area contributed by atoms with Crippen LogP contribution in [0.15, 0.2) is 10.5 Å². The van der Waals surface area contributed by atoms with Crippen LogP contribution in [0.25, 0.3) is 0 Å². The minimum atomic E-state index is 0.613. The molecule has 0 bridgehead atoms. The maximum atomic E-state index is 5.90. The highest BCUT2D eigenvalue weighted by Gasteiger charge is 2.14. The van der Waals surface area contributed by atoms with E-state index in [1.807, 2.05) is 0 Å². The number of ether oxygens (including phenoxy) is 1. The third-order valence-electron chi connectivity index (χ3n) is 4.23. The summed E-state index contributed by atoms with van der Waals surface area (Å²) >= 11 is 0. The molecule has 1 saturated carbocycles. The molecule has 0 radical (unpaired) electrons. The van der Waals surface area contributed by atoms with Crippen molar-refractivity contribution in [3.05, 3.63) is 23.2 Å². The Hall–Kier alpha value is -0.800. The molecule has 3 heteroatoms. The van der Waals surface area contributed by atoms with E-state index >= 15 is 0 Å². The lowest BCUT2D eigenvalue weighted by Gasteiger charge is -2.20. The first-order valence-corrected chi connectivity index (χ1v) is 8.51. The molecule has 1 aliphatic rings. The first-order chi connectivity index (χ1) is 10.1. The van der Waals surface area contributed by atoms with Gasteiger partial charge in [-0.2, -0.15) is 0 Å². The lowest BCUT2D eigenvalue weighted by molar-refractivity contribution is 0.0631. The molecule has 1 aromatic rings. The predicted octanol–water partition coefficient (Wildman–Crippen LogP) is 4.43. The van der Waals surface area contributed by atoms with Crippen LogP contribution in [0.2, 0.25) is 0 Å². The minimum absolute atomic E-state index is 0.613. The quantitative estimate of drug-likeness (QED) is 0.770. The summed E-state index contributed by atoms with van der Waals surface area (Å²) in [5.41, 5.74) is 1.22. The fourth-order valence-corrected chi connectivity index (χ4v) is 2.99. The van der Waals surface area contributed by atoms with Crippen molar-refractivity contribution in [1.82, 2.24) is 5.32 Å². The highest BCUT2D eigenvalue weighted by Crippen LogP contribution is 2.24. The van der Waals surface area contributed by atoms with Crippen LogP contribution in [0.5, 0.6) is 0 Å². The van der Waals surface area contributed by atoms with Crippen LogP contribution in [0.3, 0.4) is 0 Å². The van der Waals surface area contributed by atoms with Gasteiger partial charge in [0.05, 0.1) is 6.54 Å². The van der Waals surface area contributed by atoms with Gasteiger partial charge in [0.25, 0.3) is 0 Å². The normalized spacial score (nSPS) is 16.8. The fraction of sp³-hybridized carbons (Fsp3) is 0.778. The van der Waals surface area contributed by atoms with Gasteiger partial charge in [0.15, 0.2) is 0 Å². The summed E-state index contributed by atoms with van der Waals surface area (Å²) in [6, 6.07) is 2.12. The van der Waals surface area contributed by atoms with E-state index in [-0.39, 0.29) is 0 Å². The van der Waals surface area contributed by atoms with Crippen molar-refractivity contribution in [3.8, 4) is 0 Å². The zero-order valence-corrected chi connectivity index (χ0v) is 13.9. The lowest BCUT2D eigenvalue weighted by atomic mass is 9.90. The molecule has 0 atom stereocenters. The molecule has 0 spiro atoms. The van der Waals surface area contributed by atoms with Gasteiger partial charge in [0.2, 0.25) is 0 Å². The van der Waals surface area contributed by atoms with Gasteiger partial charge >= 0.3 is 0 Å². The lowest BCUT2D eigenvalue weighted by Crippen LogP contribution is -2.19. The Bertz CT molecular complexity index is 405. The molecule has 0 amide bonds. The molecule has 2 rings (SSSR count). The van der Waals surface area contributed by atoms with E-state index in [1.165, 1.54) is 37.7 Å². The molecule has 1 aromatic heterocycles. The fourth-order valence-electron chi connectivity index (χ4n) is 2.99. The van der Waals surface area contributed by atoms with Crippen molar-refractivity contribution in [2.45, 2.75) is 66.0 Å². The Morgan fingerprint density at radius 2 is 2.05 bits per heavy atom. The second-order valence-corrected chi connectivity index (χ2v) is 6.86. The number of hydrogen-bond acceptors (Lipinski definition) is 3. The van der Waals surface area contributed by atoms with Gasteiger partial charge in [0, 0.05) is 6.61 Å². The molecule has 1 fully saturated rings. The Balaban J connectivity index is 1.70. The summed E-state index contributed by atoms with van der Waals surface area (Å²) in [7, 11) is 0. The van der Waals surface area contributed by atoms with Crippen molar-refractivity contribution in [2.24, 2.45) is 11.8 Å². The minimum Gasteiger partial charge on any atom is -0.462 e. The topological polar surface area (TPSA) is 34.4 Å². The van der Waals surface area contributed by atoms with E-state index in [0.717, 1.165) is 37.1 Å². The molecule has 120 valence electrons. The monoisotopic (exact) mass is 293 g/mol. The van der Waals surface area contributed by atoms with Crippen LogP contribution in [-0.2, 0) is 17.9 Å². The Labute approximate surface area is 129 Å². The summed E-state index contributed by atoms with van der Waals surface area (Å²) in [4.78, 5) is 0. The predicted molar refractivity (Wildman–Crippen MR) is 86.2 cm³/mol. The van der Waals surface area contributed by atoms with Crippen molar-refractivity contribution < 1.29 is 9.15 Å². The van der Waals surface area contributed by atoms with Crippen LogP contribution in [0, 0.1) is 18.8 Å². The molecule has 3 nitrogen and oxygen atoms in total. The molecule has 1 aliphatic carbocycles. The number of hydrogen-bond donors (Lipinski definition) is 1. The Kier molecular flexibility index (Phi) is 6.78. The zero-order valence-electron chi connectivity index (χ0n) is 13.9. The number of aryl methyl sites for hydroxylation is 1. The maximum absolute atomic E-state index is 5.90. The van der Waals surface area contributed by atoms with E-state index in [2.05, 4.69) is 32.2 Å². The average molecular weight is 293 g/mol. The molecule has 1 heterocycles. The van der Waals surface area contributed by atoms with E-state index in [9.17, 15) is 0 Å². The molecule has 0 aromatic carbocycles. The van der Waals surface area contributed by atoms with E-state index < -0.39 is 0 Å². The first kappa shape index (κ1) is 16.6. The summed E-state index contributed by atoms with van der Waals surface area (Å²) < 4.78 is 11.8. The van der Waals surface area contributed by atoms with Crippen molar-refractivity contribution in [1.29, 1.82) is 0 Å². The summed E-state index contributed by atoms with van der Waals surface area (Å²) in [6.07, 6.45) is 6.82. The molecule has 0 aliphatic heterocycles. The third-order valence-corrected chi connectivity index (χ3v) is 4.23. The molecular weight excluding hydrogens is 262 g/mol. The average Bonchev–Trinajstić information content (AvgIpc) is 2.80. The molecule has 1 N–H and O–H groups in total. The van der Waals surface area contributed by atoms with Gasteiger partial charge < -0.3 is 14.5 Å². The van der Waals surface area contributed by atoms with Crippen LogP contribution < -0.4 is 5.32 Å². The van der Waals surface area contributed by atoms with Gasteiger partial charge in [-0.3, -0.25) is 0 Å². The summed E-state index contributed by atoms with van der Waals surface area (Å²) in [5, 5.41) is 3.43. The standard InChI is InChI=1S/C18H31NO2/c1-14(2)10-19-11-18-15(3)9-17(21-18)13-20-12-16-7-5-4-6-8-16/h9,14,16,19H,4-8,10-13H2,1-3H3. The highest BCUT2D eigenvalue weighted by molar-refractivity contribution is 5.19. The smallest absolute Gasteiger partial charge is 0.130 e. The Morgan fingerprint density at radius 1 is 1.29 bits per heavy atom. The summed E-state index contributed by atoms with van der Waals surface area (Å²) in [5.74, 6) is 3.44. The number of nitrogens with one attached hydrogen (secondary N) is 1. The van der Waals surface area contributed by atoms with Crippen LogP contribution in [0.1, 0.15) is 63.0 Å². The molecular formula is C18H31NO2. The van der Waals surface area contributed by atoms with E-state index in [1.54, 1.807) is 0 Å². The van der Waals surface area contributed by atoms with Crippen molar-refractivity contribution in [2.75, 3.05) is 13.2 Å². The van der Waals surface area contributed by atoms with E-state index in [4.69, 9.17) is 9.15 Å². The first-order valence-electron chi connectivity index (χ1n) is 8.51. The molecule has 0 saturated heterocycles. The van der Waals surface area contributed by atoms with Gasteiger partial charge in [0.1, 0.15) is 18.1 Å². The van der Waals surface area contributed by atoms with Crippen molar-refractivity contribution in [3.63, 3.8) is 0 Å². The third kappa shape index (κ3) is 5.84. The van der Waals surface area contributed by atoms with Crippen LogP contribution in [0.4, 0.5) is 0 Å². The second-order valence-electron chi connectivity index (χ2n) is 6.86.